The van der Waals surface area contributed by atoms with E-state index in [4.69, 9.17) is 9.84 Å². The van der Waals surface area contributed by atoms with Gasteiger partial charge in [0.15, 0.2) is 0 Å². The third-order valence-electron chi connectivity index (χ3n) is 7.51. The normalized spacial score (nSPS) is 12.3. The van der Waals surface area contributed by atoms with Crippen LogP contribution in [0.15, 0.2) is 78.9 Å². The van der Waals surface area contributed by atoms with E-state index in [2.05, 4.69) is 5.32 Å². The Bertz CT molecular complexity index is 1560. The summed E-state index contributed by atoms with van der Waals surface area (Å²) in [4.78, 5) is 25.2. The molecular formula is C35H40FN2NaO6. The molecule has 3 aromatic carbocycles. The van der Waals surface area contributed by atoms with Gasteiger partial charge in [-0.05, 0) is 74.1 Å². The van der Waals surface area contributed by atoms with Crippen molar-refractivity contribution in [3.8, 4) is 28.0 Å². The van der Waals surface area contributed by atoms with Crippen LogP contribution in [0.2, 0.25) is 0 Å². The largest absolute Gasteiger partial charge is 1.00 e. The molecule has 4 N–H and O–H groups in total. The molecular weight excluding hydrogens is 586 g/mol. The van der Waals surface area contributed by atoms with E-state index in [1.807, 2.05) is 73.0 Å². The zero-order chi connectivity index (χ0) is 31.8. The number of aliphatic hydroxyl groups is 2. The summed E-state index contributed by atoms with van der Waals surface area (Å²) < 4.78 is 21.3. The van der Waals surface area contributed by atoms with Gasteiger partial charge in [-0.1, -0.05) is 54.6 Å². The molecule has 0 aliphatic rings. The number of carbonyl (C=O) groups excluding carboxylic acids is 1. The maximum absolute atomic E-state index is 14.1. The Morgan fingerprint density at radius 3 is 2.11 bits per heavy atom. The summed E-state index contributed by atoms with van der Waals surface area (Å²) in [6.45, 7) is 4.22. The van der Waals surface area contributed by atoms with Crippen LogP contribution in [-0.4, -0.2) is 51.1 Å². The van der Waals surface area contributed by atoms with Crippen molar-refractivity contribution in [2.24, 2.45) is 0 Å². The Morgan fingerprint density at radius 2 is 1.53 bits per heavy atom. The first kappa shape index (κ1) is 36.0. The number of nitrogens with zero attached hydrogens (tertiary/aromatic N) is 1. The number of methoxy groups -OCH3 is 1. The molecule has 0 aliphatic carbocycles. The number of carbonyl (C=O) groups is 2. The van der Waals surface area contributed by atoms with Crippen molar-refractivity contribution in [2.45, 2.75) is 64.3 Å². The van der Waals surface area contributed by atoms with Crippen LogP contribution in [0.3, 0.4) is 0 Å². The van der Waals surface area contributed by atoms with Crippen molar-refractivity contribution in [1.82, 2.24) is 9.88 Å². The van der Waals surface area contributed by atoms with Gasteiger partial charge < -0.3 is 31.4 Å². The number of aromatic nitrogens is 1. The Labute approximate surface area is 286 Å². The van der Waals surface area contributed by atoms with Crippen molar-refractivity contribution < 1.29 is 65.0 Å². The van der Waals surface area contributed by atoms with Crippen molar-refractivity contribution >= 4 is 11.9 Å². The van der Waals surface area contributed by atoms with Crippen molar-refractivity contribution in [3.63, 3.8) is 0 Å². The minimum Gasteiger partial charge on any atom is -1.00 e. The van der Waals surface area contributed by atoms with Gasteiger partial charge >= 0.3 is 35.5 Å². The minimum absolute atomic E-state index is 0. The van der Waals surface area contributed by atoms with Crippen LogP contribution in [0.25, 0.3) is 22.3 Å². The number of rotatable bonds is 14. The Kier molecular flexibility index (Phi) is 13.4. The van der Waals surface area contributed by atoms with Gasteiger partial charge in [0.25, 0.3) is 5.91 Å². The molecule has 1 aromatic heterocycles. The van der Waals surface area contributed by atoms with Crippen LogP contribution in [0.5, 0.6) is 5.75 Å². The molecule has 0 fully saturated rings. The topological polar surface area (TPSA) is 121 Å². The number of halogens is 1. The average molecular weight is 627 g/mol. The Morgan fingerprint density at radius 1 is 0.911 bits per heavy atom. The molecule has 2 atom stereocenters. The van der Waals surface area contributed by atoms with Gasteiger partial charge in [-0.15, -0.1) is 0 Å². The third-order valence-corrected chi connectivity index (χ3v) is 7.51. The van der Waals surface area contributed by atoms with E-state index in [1.54, 1.807) is 19.2 Å². The van der Waals surface area contributed by atoms with Crippen molar-refractivity contribution in [1.29, 1.82) is 0 Å². The summed E-state index contributed by atoms with van der Waals surface area (Å²) >= 11 is 0. The fourth-order valence-electron chi connectivity index (χ4n) is 5.52. The van der Waals surface area contributed by atoms with Crippen LogP contribution in [0, 0.1) is 5.82 Å². The molecule has 0 radical (unpaired) electrons. The molecule has 234 valence electrons. The number of aliphatic hydroxyl groups excluding tert-OH is 2. The molecule has 4 aromatic rings. The molecule has 0 saturated carbocycles. The molecule has 8 nitrogen and oxygen atoms in total. The van der Waals surface area contributed by atoms with Gasteiger partial charge in [-0.25, -0.2) is 4.39 Å². The second-order valence-corrected chi connectivity index (χ2v) is 11.1. The molecule has 0 aliphatic heterocycles. The number of hydrogen-bond donors (Lipinski definition) is 4. The Hall–Kier alpha value is -3.47. The van der Waals surface area contributed by atoms with Crippen LogP contribution < -0.4 is 39.6 Å². The number of aliphatic carboxylic acids is 1. The molecule has 1 heterocycles. The second kappa shape index (κ2) is 16.7. The first-order valence-corrected chi connectivity index (χ1v) is 14.7. The van der Waals surface area contributed by atoms with Gasteiger partial charge in [0, 0.05) is 29.4 Å². The molecule has 45 heavy (non-hydrogen) atoms. The van der Waals surface area contributed by atoms with E-state index in [-0.39, 0.29) is 68.1 Å². The fourth-order valence-corrected chi connectivity index (χ4v) is 5.52. The summed E-state index contributed by atoms with van der Waals surface area (Å²) in [6, 6.07) is 22.9. The zero-order valence-electron chi connectivity index (χ0n) is 27.2. The predicted molar refractivity (Wildman–Crippen MR) is 168 cm³/mol. The number of hydrogen-bond acceptors (Lipinski definition) is 5. The van der Waals surface area contributed by atoms with E-state index in [0.29, 0.717) is 29.0 Å². The first-order chi connectivity index (χ1) is 21.1. The molecule has 1 amide bonds. The number of carboxylic acid groups (broad SMARTS) is 1. The molecule has 0 unspecified atom stereocenters. The third kappa shape index (κ3) is 9.28. The molecule has 4 rings (SSSR count). The monoisotopic (exact) mass is 626 g/mol. The van der Waals surface area contributed by atoms with Crippen LogP contribution >= 0.6 is 0 Å². The van der Waals surface area contributed by atoms with Gasteiger partial charge in [0.1, 0.15) is 17.3 Å². The maximum atomic E-state index is 14.1. The average Bonchev–Trinajstić information content (AvgIpc) is 3.35. The quantitative estimate of drug-likeness (QED) is 0.160. The first-order valence-electron chi connectivity index (χ1n) is 14.7. The standard InChI is InChI=1S/C35H39FN2O6.Na.H/c1-22(2)38-30(18-15-27(39)19-28(40)20-31(41)42)32(25-11-13-26(36)14-12-25)33(24-7-5-4-6-8-24)34(38)35(43)37-21-23-9-16-29(44-3)17-10-23;;/h4-14,16-17,22,27-28,39-40H,15,18-21H2,1-3H3,(H,37,43)(H,41,42);;/q;+1;-1/t27-,28-;;/m1../s1. The van der Waals surface area contributed by atoms with E-state index in [0.717, 1.165) is 22.4 Å². The molecule has 10 heteroatoms. The van der Waals surface area contributed by atoms with Gasteiger partial charge in [-0.3, -0.25) is 9.59 Å². The summed E-state index contributed by atoms with van der Waals surface area (Å²) in [7, 11) is 1.59. The van der Waals surface area contributed by atoms with Gasteiger partial charge in [0.2, 0.25) is 0 Å². The number of amides is 1. The number of nitrogens with one attached hydrogen (secondary N) is 1. The summed E-state index contributed by atoms with van der Waals surface area (Å²) in [5, 5.41) is 32.9. The van der Waals surface area contributed by atoms with Crippen LogP contribution in [0.4, 0.5) is 4.39 Å². The SMILES string of the molecule is COc1ccc(CNC(=O)c2c(-c3ccccc3)c(-c3ccc(F)cc3)c(CC[C@@H](O)C[C@@H](O)CC(=O)O)n2C(C)C)cc1.[H-].[Na+]. The number of carboxylic acids is 1. The summed E-state index contributed by atoms with van der Waals surface area (Å²) in [6.07, 6.45) is -2.19. The van der Waals surface area contributed by atoms with Crippen LogP contribution in [0.1, 0.15) is 62.3 Å². The zero-order valence-corrected chi connectivity index (χ0v) is 28.2. The number of ether oxygens (including phenoxy) is 1. The molecule has 0 saturated heterocycles. The van der Waals surface area contributed by atoms with Crippen LogP contribution in [-0.2, 0) is 17.8 Å². The summed E-state index contributed by atoms with van der Waals surface area (Å²) in [5.41, 5.74) is 5.06. The second-order valence-electron chi connectivity index (χ2n) is 11.1. The fraction of sp³-hybridized carbons (Fsp3) is 0.314. The number of benzene rings is 3. The van der Waals surface area contributed by atoms with Gasteiger partial charge in [-0.2, -0.15) is 0 Å². The van der Waals surface area contributed by atoms with Crippen molar-refractivity contribution in [3.05, 3.63) is 102 Å². The minimum atomic E-state index is -1.19. The molecule has 0 spiro atoms. The smallest absolute Gasteiger partial charge is 1.00 e. The molecule has 0 bridgehead atoms. The summed E-state index contributed by atoms with van der Waals surface area (Å²) in [5.74, 6) is -1.11. The maximum Gasteiger partial charge on any atom is 1.00 e. The van der Waals surface area contributed by atoms with E-state index in [9.17, 15) is 24.2 Å². The van der Waals surface area contributed by atoms with E-state index in [1.165, 1.54) is 12.1 Å². The van der Waals surface area contributed by atoms with Gasteiger partial charge in [0.05, 0.1) is 25.7 Å². The Balaban J connectivity index is 0.00000368. The van der Waals surface area contributed by atoms with E-state index >= 15 is 0 Å². The predicted octanol–water partition coefficient (Wildman–Crippen LogP) is 3.12. The van der Waals surface area contributed by atoms with Crippen molar-refractivity contribution in [2.75, 3.05) is 7.11 Å². The van der Waals surface area contributed by atoms with E-state index < -0.39 is 24.6 Å².